The standard InChI is InChI=1S/C31H44BrNO3/c1-3-5-7-8-9-10-11-12-13-14-22-36-31(35)27-20-21-33-28(27)23-25(15-6-4-2)29(33)30(34)24-16-18-26(32)19-17-24/h16-19,23,27H,3-15,20-22H2,1-2H3. The molecule has 3 rings (SSSR count). The van der Waals surface area contributed by atoms with Crippen LogP contribution in [-0.2, 0) is 22.5 Å². The number of hydrogen-bond donors (Lipinski definition) is 0. The highest BCUT2D eigenvalue weighted by Crippen LogP contribution is 2.35. The number of aryl methyl sites for hydroxylation is 1. The Morgan fingerprint density at radius 1 is 0.889 bits per heavy atom. The molecule has 0 bridgehead atoms. The molecule has 1 unspecified atom stereocenters. The van der Waals surface area contributed by atoms with Crippen molar-refractivity contribution < 1.29 is 14.3 Å². The third-order valence-electron chi connectivity index (χ3n) is 7.35. The van der Waals surface area contributed by atoms with Gasteiger partial charge in [-0.25, -0.2) is 0 Å². The topological polar surface area (TPSA) is 48.3 Å². The van der Waals surface area contributed by atoms with Gasteiger partial charge in [-0.1, -0.05) is 94.0 Å². The normalized spacial score (nSPS) is 14.7. The summed E-state index contributed by atoms with van der Waals surface area (Å²) >= 11 is 3.45. The van der Waals surface area contributed by atoms with Gasteiger partial charge < -0.3 is 9.30 Å². The Bertz CT molecular complexity index is 963. The predicted molar refractivity (Wildman–Crippen MR) is 151 cm³/mol. The first-order chi connectivity index (χ1) is 17.6. The number of halogens is 1. The smallest absolute Gasteiger partial charge is 0.315 e. The van der Waals surface area contributed by atoms with Gasteiger partial charge in [-0.15, -0.1) is 0 Å². The molecule has 1 aliphatic heterocycles. The van der Waals surface area contributed by atoms with Crippen LogP contribution in [0.1, 0.15) is 131 Å². The Morgan fingerprint density at radius 3 is 2.14 bits per heavy atom. The maximum absolute atomic E-state index is 13.5. The third-order valence-corrected chi connectivity index (χ3v) is 7.88. The van der Waals surface area contributed by atoms with Crippen LogP contribution in [0, 0.1) is 0 Å². The minimum atomic E-state index is -0.264. The molecule has 5 heteroatoms. The number of benzene rings is 1. The van der Waals surface area contributed by atoms with E-state index in [9.17, 15) is 9.59 Å². The van der Waals surface area contributed by atoms with Crippen LogP contribution in [0.15, 0.2) is 34.8 Å². The molecule has 0 aliphatic carbocycles. The average Bonchev–Trinajstić information content (AvgIpc) is 3.45. The number of nitrogens with zero attached hydrogens (tertiary/aromatic N) is 1. The van der Waals surface area contributed by atoms with Crippen molar-refractivity contribution in [2.24, 2.45) is 0 Å². The number of rotatable bonds is 17. The minimum absolute atomic E-state index is 0.0410. The van der Waals surface area contributed by atoms with Crippen LogP contribution in [0.2, 0.25) is 0 Å². The molecule has 0 fully saturated rings. The lowest BCUT2D eigenvalue weighted by molar-refractivity contribution is -0.145. The van der Waals surface area contributed by atoms with Gasteiger partial charge >= 0.3 is 5.97 Å². The van der Waals surface area contributed by atoms with E-state index in [1.807, 2.05) is 24.3 Å². The Morgan fingerprint density at radius 2 is 1.50 bits per heavy atom. The van der Waals surface area contributed by atoms with E-state index >= 15 is 0 Å². The molecule has 2 aromatic rings. The quantitative estimate of drug-likeness (QED) is 0.111. The Kier molecular flexibility index (Phi) is 12.3. The first kappa shape index (κ1) is 28.7. The van der Waals surface area contributed by atoms with Crippen LogP contribution in [0.25, 0.3) is 0 Å². The summed E-state index contributed by atoms with van der Waals surface area (Å²) in [6.07, 6.45) is 16.3. The van der Waals surface area contributed by atoms with Gasteiger partial charge in [0.05, 0.1) is 18.2 Å². The predicted octanol–water partition coefficient (Wildman–Crippen LogP) is 8.78. The summed E-state index contributed by atoms with van der Waals surface area (Å²) in [5, 5.41) is 0. The number of aromatic nitrogens is 1. The van der Waals surface area contributed by atoms with Crippen LogP contribution >= 0.6 is 15.9 Å². The molecule has 198 valence electrons. The lowest BCUT2D eigenvalue weighted by Gasteiger charge is -2.10. The first-order valence-electron chi connectivity index (χ1n) is 14.3. The van der Waals surface area contributed by atoms with Crippen LogP contribution in [0.5, 0.6) is 0 Å². The molecule has 0 saturated heterocycles. The van der Waals surface area contributed by atoms with Crippen LogP contribution < -0.4 is 0 Å². The lowest BCUT2D eigenvalue weighted by atomic mass is 9.99. The molecule has 4 nitrogen and oxygen atoms in total. The van der Waals surface area contributed by atoms with E-state index in [4.69, 9.17) is 4.74 Å². The zero-order valence-electron chi connectivity index (χ0n) is 22.3. The van der Waals surface area contributed by atoms with Gasteiger partial charge in [0.25, 0.3) is 0 Å². The van der Waals surface area contributed by atoms with Gasteiger partial charge in [0.2, 0.25) is 5.78 Å². The lowest BCUT2D eigenvalue weighted by Crippen LogP contribution is -2.14. The molecule has 1 atom stereocenters. The van der Waals surface area contributed by atoms with Gasteiger partial charge in [0, 0.05) is 22.3 Å². The molecular formula is C31H44BrNO3. The Balaban J connectivity index is 1.52. The van der Waals surface area contributed by atoms with Gasteiger partial charge in [-0.3, -0.25) is 9.59 Å². The van der Waals surface area contributed by atoms with Crippen LogP contribution in [0.3, 0.4) is 0 Å². The maximum atomic E-state index is 13.5. The molecule has 1 aliphatic rings. The molecule has 0 spiro atoms. The number of hydrogen-bond acceptors (Lipinski definition) is 3. The van der Waals surface area contributed by atoms with Crippen molar-refractivity contribution in [3.05, 3.63) is 57.3 Å². The van der Waals surface area contributed by atoms with Crippen molar-refractivity contribution in [1.29, 1.82) is 0 Å². The molecule has 0 radical (unpaired) electrons. The summed E-state index contributed by atoms with van der Waals surface area (Å²) in [4.78, 5) is 26.4. The fourth-order valence-corrected chi connectivity index (χ4v) is 5.49. The summed E-state index contributed by atoms with van der Waals surface area (Å²) in [5.41, 5.74) is 3.45. The summed E-state index contributed by atoms with van der Waals surface area (Å²) in [6.45, 7) is 5.61. The number of ketones is 1. The zero-order chi connectivity index (χ0) is 25.8. The third kappa shape index (κ3) is 8.06. The fraction of sp³-hybridized carbons (Fsp3) is 0.613. The van der Waals surface area contributed by atoms with E-state index < -0.39 is 0 Å². The van der Waals surface area contributed by atoms with E-state index in [1.165, 1.54) is 51.4 Å². The van der Waals surface area contributed by atoms with Crippen molar-refractivity contribution in [2.45, 2.75) is 116 Å². The van der Waals surface area contributed by atoms with E-state index in [1.54, 1.807) is 0 Å². The molecule has 0 amide bonds. The second kappa shape index (κ2) is 15.4. The maximum Gasteiger partial charge on any atom is 0.315 e. The number of carbonyl (C=O) groups is 2. The zero-order valence-corrected chi connectivity index (χ0v) is 23.9. The molecule has 0 saturated carbocycles. The van der Waals surface area contributed by atoms with Crippen molar-refractivity contribution in [1.82, 2.24) is 4.57 Å². The van der Waals surface area contributed by atoms with Gasteiger partial charge in [-0.05, 0) is 61.6 Å². The van der Waals surface area contributed by atoms with Crippen molar-refractivity contribution in [2.75, 3.05) is 6.61 Å². The monoisotopic (exact) mass is 557 g/mol. The van der Waals surface area contributed by atoms with Crippen molar-refractivity contribution in [3.63, 3.8) is 0 Å². The SMILES string of the molecule is CCCCCCCCCCCCOC(=O)C1CCn2c1cc(CCCC)c2C(=O)c1ccc(Br)cc1. The van der Waals surface area contributed by atoms with E-state index in [-0.39, 0.29) is 17.7 Å². The molecule has 0 N–H and O–H groups in total. The Labute approximate surface area is 226 Å². The molecule has 36 heavy (non-hydrogen) atoms. The second-order valence-electron chi connectivity index (χ2n) is 10.2. The number of esters is 1. The van der Waals surface area contributed by atoms with Crippen LogP contribution in [0.4, 0.5) is 0 Å². The average molecular weight is 559 g/mol. The van der Waals surface area contributed by atoms with Gasteiger partial charge in [0.15, 0.2) is 0 Å². The number of ether oxygens (including phenoxy) is 1. The highest BCUT2D eigenvalue weighted by Gasteiger charge is 2.35. The first-order valence-corrected chi connectivity index (χ1v) is 15.0. The van der Waals surface area contributed by atoms with E-state index in [0.29, 0.717) is 25.1 Å². The van der Waals surface area contributed by atoms with Gasteiger partial charge in [-0.2, -0.15) is 0 Å². The van der Waals surface area contributed by atoms with E-state index in [0.717, 1.165) is 53.5 Å². The van der Waals surface area contributed by atoms with Crippen molar-refractivity contribution in [3.8, 4) is 0 Å². The summed E-state index contributed by atoms with van der Waals surface area (Å²) in [5.74, 6) is -0.356. The number of fused-ring (bicyclic) bond motifs is 1. The molecule has 2 heterocycles. The minimum Gasteiger partial charge on any atom is -0.465 e. The van der Waals surface area contributed by atoms with E-state index in [2.05, 4.69) is 40.4 Å². The second-order valence-corrected chi connectivity index (χ2v) is 11.1. The number of unbranched alkanes of at least 4 members (excludes halogenated alkanes) is 10. The van der Waals surface area contributed by atoms with Crippen molar-refractivity contribution >= 4 is 27.7 Å². The Hall–Kier alpha value is -1.88. The molecular weight excluding hydrogens is 514 g/mol. The van der Waals surface area contributed by atoms with Crippen LogP contribution in [-0.4, -0.2) is 22.9 Å². The fourth-order valence-electron chi connectivity index (χ4n) is 5.23. The highest BCUT2D eigenvalue weighted by molar-refractivity contribution is 9.10. The molecule has 1 aromatic carbocycles. The summed E-state index contributed by atoms with van der Waals surface area (Å²) in [6, 6.07) is 9.63. The highest BCUT2D eigenvalue weighted by atomic mass is 79.9. The number of carbonyl (C=O) groups excluding carboxylic acids is 2. The largest absolute Gasteiger partial charge is 0.465 e. The molecule has 1 aromatic heterocycles. The summed E-state index contributed by atoms with van der Waals surface area (Å²) in [7, 11) is 0. The van der Waals surface area contributed by atoms with Gasteiger partial charge in [0.1, 0.15) is 0 Å². The summed E-state index contributed by atoms with van der Waals surface area (Å²) < 4.78 is 8.74.